The molecular formula is C15H22N4O3. The molecule has 0 saturated carbocycles. The van der Waals surface area contributed by atoms with Crippen LogP contribution in [0.5, 0.6) is 0 Å². The number of urea groups is 1. The maximum atomic E-state index is 12.1. The minimum Gasteiger partial charge on any atom is -0.355 e. The zero-order valence-corrected chi connectivity index (χ0v) is 12.6. The molecule has 3 heterocycles. The average molecular weight is 306 g/mol. The molecule has 0 radical (unpaired) electrons. The lowest BCUT2D eigenvalue weighted by Crippen LogP contribution is -2.39. The Morgan fingerprint density at radius 1 is 1.41 bits per heavy atom. The lowest BCUT2D eigenvalue weighted by atomic mass is 10.2. The van der Waals surface area contributed by atoms with Gasteiger partial charge in [-0.15, -0.1) is 0 Å². The number of carbonyl (C=O) groups excluding carboxylic acids is 1. The summed E-state index contributed by atoms with van der Waals surface area (Å²) in [5, 5.41) is 5.73. The number of anilines is 2. The summed E-state index contributed by atoms with van der Waals surface area (Å²) in [5.41, 5.74) is 0.745. The van der Waals surface area contributed by atoms with Gasteiger partial charge < -0.3 is 25.0 Å². The number of hydrogen-bond acceptors (Lipinski definition) is 5. The molecule has 1 aromatic heterocycles. The number of carbonyl (C=O) groups is 1. The molecule has 1 unspecified atom stereocenters. The van der Waals surface area contributed by atoms with Crippen molar-refractivity contribution >= 4 is 17.5 Å². The largest absolute Gasteiger partial charge is 0.355 e. The van der Waals surface area contributed by atoms with Gasteiger partial charge in [0, 0.05) is 25.8 Å². The van der Waals surface area contributed by atoms with Gasteiger partial charge in [-0.25, -0.2) is 9.78 Å². The van der Waals surface area contributed by atoms with Crippen LogP contribution in [0.2, 0.25) is 0 Å². The van der Waals surface area contributed by atoms with E-state index in [4.69, 9.17) is 9.47 Å². The van der Waals surface area contributed by atoms with E-state index in [2.05, 4.69) is 20.5 Å². The molecule has 0 bridgehead atoms. The predicted molar refractivity (Wildman–Crippen MR) is 83.0 cm³/mol. The number of pyridine rings is 1. The van der Waals surface area contributed by atoms with Gasteiger partial charge >= 0.3 is 6.03 Å². The lowest BCUT2D eigenvalue weighted by molar-refractivity contribution is -0.136. The van der Waals surface area contributed by atoms with Crippen LogP contribution < -0.4 is 15.5 Å². The second-order valence-corrected chi connectivity index (χ2v) is 5.51. The fourth-order valence-electron chi connectivity index (χ4n) is 2.71. The van der Waals surface area contributed by atoms with Crippen LogP contribution >= 0.6 is 0 Å². The minimum atomic E-state index is -0.233. The topological polar surface area (TPSA) is 75.7 Å². The highest BCUT2D eigenvalue weighted by Crippen LogP contribution is 2.25. The van der Waals surface area contributed by atoms with Gasteiger partial charge in [-0.2, -0.15) is 0 Å². The first-order valence-corrected chi connectivity index (χ1v) is 7.77. The second kappa shape index (κ2) is 7.42. The second-order valence-electron chi connectivity index (χ2n) is 5.51. The molecule has 1 atom stereocenters. The third-order valence-electron chi connectivity index (χ3n) is 3.90. The molecule has 7 nitrogen and oxygen atoms in total. The Morgan fingerprint density at radius 2 is 2.27 bits per heavy atom. The molecule has 0 aromatic carbocycles. The third-order valence-corrected chi connectivity index (χ3v) is 3.90. The molecule has 1 aromatic rings. The van der Waals surface area contributed by atoms with E-state index in [-0.39, 0.29) is 12.1 Å². The Kier molecular flexibility index (Phi) is 5.07. The average Bonchev–Trinajstić information content (AvgIpc) is 3.09. The smallest absolute Gasteiger partial charge is 0.319 e. The zero-order chi connectivity index (χ0) is 15.2. The number of rotatable bonds is 4. The fraction of sp³-hybridized carbons (Fsp3) is 0.600. The van der Waals surface area contributed by atoms with Crippen molar-refractivity contribution in [1.29, 1.82) is 0 Å². The van der Waals surface area contributed by atoms with E-state index in [1.54, 1.807) is 6.20 Å². The number of nitrogens with one attached hydrogen (secondary N) is 2. The molecule has 0 aliphatic carbocycles. The lowest BCUT2D eigenvalue weighted by Gasteiger charge is -2.23. The molecule has 2 aliphatic heterocycles. The van der Waals surface area contributed by atoms with Gasteiger partial charge in [0.25, 0.3) is 0 Å². The van der Waals surface area contributed by atoms with Crippen LogP contribution in [-0.2, 0) is 9.47 Å². The number of amides is 2. The van der Waals surface area contributed by atoms with Crippen LogP contribution in [0.25, 0.3) is 0 Å². The minimum absolute atomic E-state index is 0.0199. The van der Waals surface area contributed by atoms with Gasteiger partial charge in [-0.1, -0.05) is 0 Å². The standard InChI is InChI=1S/C15H22N4O3/c20-15(17-10-12-5-9-21-11-22-12)18-13-4-3-6-16-14(13)19-7-1-2-8-19/h3-4,6,12H,1-2,5,7-11H2,(H2,17,18,20). The maximum Gasteiger partial charge on any atom is 0.319 e. The number of nitrogens with zero attached hydrogens (tertiary/aromatic N) is 2. The summed E-state index contributed by atoms with van der Waals surface area (Å²) < 4.78 is 10.5. The van der Waals surface area contributed by atoms with E-state index >= 15 is 0 Å². The summed E-state index contributed by atoms with van der Waals surface area (Å²) in [6.45, 7) is 3.44. The van der Waals surface area contributed by atoms with Crippen molar-refractivity contribution in [2.45, 2.75) is 25.4 Å². The Labute approximate surface area is 130 Å². The van der Waals surface area contributed by atoms with Crippen LogP contribution in [0.4, 0.5) is 16.3 Å². The van der Waals surface area contributed by atoms with Gasteiger partial charge in [0.15, 0.2) is 5.82 Å². The third kappa shape index (κ3) is 3.86. The fourth-order valence-corrected chi connectivity index (χ4v) is 2.71. The highest BCUT2D eigenvalue weighted by molar-refractivity contribution is 5.92. The molecule has 3 rings (SSSR count). The van der Waals surface area contributed by atoms with Crippen LogP contribution in [0.15, 0.2) is 18.3 Å². The van der Waals surface area contributed by atoms with Crippen molar-refractivity contribution in [1.82, 2.24) is 10.3 Å². The summed E-state index contributed by atoms with van der Waals surface area (Å²) in [6, 6.07) is 3.48. The van der Waals surface area contributed by atoms with Crippen molar-refractivity contribution in [3.05, 3.63) is 18.3 Å². The van der Waals surface area contributed by atoms with Crippen molar-refractivity contribution in [3.8, 4) is 0 Å². The first-order valence-electron chi connectivity index (χ1n) is 7.77. The first-order chi connectivity index (χ1) is 10.8. The van der Waals surface area contributed by atoms with Crippen LogP contribution in [0.3, 0.4) is 0 Å². The molecule has 0 spiro atoms. The Hall–Kier alpha value is -1.86. The molecular weight excluding hydrogens is 284 g/mol. The highest BCUT2D eigenvalue weighted by atomic mass is 16.7. The van der Waals surface area contributed by atoms with Crippen LogP contribution in [0, 0.1) is 0 Å². The summed E-state index contributed by atoms with van der Waals surface area (Å²) >= 11 is 0. The summed E-state index contributed by atoms with van der Waals surface area (Å²) in [5.74, 6) is 0.845. The number of ether oxygens (including phenoxy) is 2. The van der Waals surface area contributed by atoms with Gasteiger partial charge in [0.2, 0.25) is 0 Å². The summed E-state index contributed by atoms with van der Waals surface area (Å²) in [7, 11) is 0. The molecule has 7 heteroatoms. The molecule has 2 N–H and O–H groups in total. The highest BCUT2D eigenvalue weighted by Gasteiger charge is 2.19. The Balaban J connectivity index is 1.54. The number of hydrogen-bond donors (Lipinski definition) is 2. The summed E-state index contributed by atoms with van der Waals surface area (Å²) in [6.07, 6.45) is 4.91. The monoisotopic (exact) mass is 306 g/mol. The van der Waals surface area contributed by atoms with E-state index in [1.165, 1.54) is 12.8 Å². The normalized spacial score (nSPS) is 21.6. The van der Waals surface area contributed by atoms with Crippen molar-refractivity contribution in [2.24, 2.45) is 0 Å². The molecule has 2 fully saturated rings. The van der Waals surface area contributed by atoms with Gasteiger partial charge in [0.1, 0.15) is 6.79 Å². The van der Waals surface area contributed by atoms with Gasteiger partial charge in [-0.05, 0) is 31.4 Å². The van der Waals surface area contributed by atoms with E-state index < -0.39 is 0 Å². The quantitative estimate of drug-likeness (QED) is 0.883. The molecule has 22 heavy (non-hydrogen) atoms. The van der Waals surface area contributed by atoms with Crippen molar-refractivity contribution in [3.63, 3.8) is 0 Å². The van der Waals surface area contributed by atoms with Crippen molar-refractivity contribution in [2.75, 3.05) is 43.3 Å². The summed E-state index contributed by atoms with van der Waals surface area (Å²) in [4.78, 5) is 18.7. The Bertz CT molecular complexity index is 499. The van der Waals surface area contributed by atoms with Gasteiger partial charge in [0.05, 0.1) is 18.4 Å². The molecule has 2 aliphatic rings. The SMILES string of the molecule is O=C(NCC1CCOCO1)Nc1cccnc1N1CCCC1. The molecule has 120 valence electrons. The molecule has 2 amide bonds. The van der Waals surface area contributed by atoms with Gasteiger partial charge in [-0.3, -0.25) is 0 Å². The maximum absolute atomic E-state index is 12.1. The van der Waals surface area contributed by atoms with E-state index in [0.29, 0.717) is 19.9 Å². The van der Waals surface area contributed by atoms with E-state index in [1.807, 2.05) is 12.1 Å². The zero-order valence-electron chi connectivity index (χ0n) is 12.6. The number of aromatic nitrogens is 1. The molecule has 2 saturated heterocycles. The van der Waals surface area contributed by atoms with Crippen LogP contribution in [-0.4, -0.2) is 50.2 Å². The predicted octanol–water partition coefficient (Wildman–Crippen LogP) is 1.57. The van der Waals surface area contributed by atoms with Crippen molar-refractivity contribution < 1.29 is 14.3 Å². The Morgan fingerprint density at radius 3 is 3.05 bits per heavy atom. The van der Waals surface area contributed by atoms with E-state index in [0.717, 1.165) is 31.0 Å². The van der Waals surface area contributed by atoms with Crippen LogP contribution in [0.1, 0.15) is 19.3 Å². The van der Waals surface area contributed by atoms with E-state index in [9.17, 15) is 4.79 Å². The first kappa shape index (κ1) is 15.1.